The van der Waals surface area contributed by atoms with Crippen molar-refractivity contribution in [3.63, 3.8) is 0 Å². The van der Waals surface area contributed by atoms with Crippen LogP contribution in [0.1, 0.15) is 12.0 Å². The van der Waals surface area contributed by atoms with Gasteiger partial charge in [-0.2, -0.15) is 0 Å². The molecule has 0 bridgehead atoms. The second-order valence-corrected chi connectivity index (χ2v) is 4.12. The van der Waals surface area contributed by atoms with E-state index in [-0.39, 0.29) is 5.91 Å². The summed E-state index contributed by atoms with van der Waals surface area (Å²) < 4.78 is 11.1. The Morgan fingerprint density at radius 3 is 2.89 bits per heavy atom. The van der Waals surface area contributed by atoms with Crippen molar-refractivity contribution < 1.29 is 14.3 Å². The average molecular weight is 259 g/mol. The molecule has 1 aliphatic heterocycles. The van der Waals surface area contributed by atoms with Gasteiger partial charge in [-0.05, 0) is 23.8 Å². The first-order chi connectivity index (χ1) is 9.29. The smallest absolute Gasteiger partial charge is 0.244 e. The fraction of sp³-hybridized carbons (Fsp3) is 0.267. The Kier molecular flexibility index (Phi) is 4.61. The third kappa shape index (κ3) is 3.88. The number of nitrogens with one attached hydrogen (secondary N) is 1. The highest BCUT2D eigenvalue weighted by Gasteiger charge is 2.09. The van der Waals surface area contributed by atoms with Gasteiger partial charge in [0.2, 0.25) is 5.91 Å². The van der Waals surface area contributed by atoms with Gasteiger partial charge in [-0.25, -0.2) is 0 Å². The van der Waals surface area contributed by atoms with Crippen LogP contribution in [-0.2, 0) is 4.79 Å². The largest absolute Gasteiger partial charge is 0.490 e. The Labute approximate surface area is 112 Å². The molecule has 0 unspecified atom stereocenters. The van der Waals surface area contributed by atoms with E-state index in [9.17, 15) is 4.79 Å². The monoisotopic (exact) mass is 259 g/mol. The molecule has 0 saturated carbocycles. The molecular weight excluding hydrogens is 242 g/mol. The summed E-state index contributed by atoms with van der Waals surface area (Å²) in [6.07, 6.45) is 5.75. The molecule has 1 heterocycles. The Morgan fingerprint density at radius 2 is 2.11 bits per heavy atom. The number of hydrogen-bond donors (Lipinski definition) is 1. The Balaban J connectivity index is 2.05. The summed E-state index contributed by atoms with van der Waals surface area (Å²) >= 11 is 0. The topological polar surface area (TPSA) is 47.6 Å². The van der Waals surface area contributed by atoms with E-state index in [1.165, 1.54) is 6.08 Å². The maximum Gasteiger partial charge on any atom is 0.244 e. The Bertz CT molecular complexity index is 494. The number of carbonyl (C=O) groups excluding carboxylic acids is 1. The molecule has 0 fully saturated rings. The van der Waals surface area contributed by atoms with Crippen LogP contribution in [0.4, 0.5) is 0 Å². The van der Waals surface area contributed by atoms with Crippen molar-refractivity contribution in [2.24, 2.45) is 0 Å². The van der Waals surface area contributed by atoms with Gasteiger partial charge in [0.25, 0.3) is 0 Å². The van der Waals surface area contributed by atoms with Crippen molar-refractivity contribution in [3.8, 4) is 11.5 Å². The quantitative estimate of drug-likeness (QED) is 0.666. The van der Waals surface area contributed by atoms with Crippen LogP contribution in [0, 0.1) is 0 Å². The molecule has 1 amide bonds. The summed E-state index contributed by atoms with van der Waals surface area (Å²) in [7, 11) is 0. The SMILES string of the molecule is C=CCNC(=O)C=Cc1ccc2c(c1)OCCCO2. The van der Waals surface area contributed by atoms with Crippen molar-refractivity contribution in [2.45, 2.75) is 6.42 Å². The van der Waals surface area contributed by atoms with Crippen molar-refractivity contribution in [2.75, 3.05) is 19.8 Å². The number of hydrogen-bond acceptors (Lipinski definition) is 3. The zero-order valence-corrected chi connectivity index (χ0v) is 10.7. The molecule has 4 heteroatoms. The predicted molar refractivity (Wildman–Crippen MR) is 74.3 cm³/mol. The fourth-order valence-electron chi connectivity index (χ4n) is 1.69. The second-order valence-electron chi connectivity index (χ2n) is 4.12. The van der Waals surface area contributed by atoms with Gasteiger partial charge in [-0.3, -0.25) is 4.79 Å². The Hall–Kier alpha value is -2.23. The molecule has 1 aromatic carbocycles. The minimum absolute atomic E-state index is 0.146. The van der Waals surface area contributed by atoms with Crippen LogP contribution in [0.15, 0.2) is 36.9 Å². The first kappa shape index (κ1) is 13.2. The number of rotatable bonds is 4. The lowest BCUT2D eigenvalue weighted by molar-refractivity contribution is -0.116. The molecule has 0 spiro atoms. The zero-order valence-electron chi connectivity index (χ0n) is 10.7. The number of carbonyl (C=O) groups is 1. The minimum Gasteiger partial charge on any atom is -0.490 e. The Morgan fingerprint density at radius 1 is 1.32 bits per heavy atom. The first-order valence-electron chi connectivity index (χ1n) is 6.26. The summed E-state index contributed by atoms with van der Waals surface area (Å²) in [6, 6.07) is 5.63. The minimum atomic E-state index is -0.146. The molecule has 0 radical (unpaired) electrons. The molecule has 1 N–H and O–H groups in total. The summed E-state index contributed by atoms with van der Waals surface area (Å²) in [6.45, 7) is 5.33. The lowest BCUT2D eigenvalue weighted by Gasteiger charge is -2.07. The third-order valence-corrected chi connectivity index (χ3v) is 2.62. The molecule has 4 nitrogen and oxygen atoms in total. The normalized spacial score (nSPS) is 13.9. The fourth-order valence-corrected chi connectivity index (χ4v) is 1.69. The maximum atomic E-state index is 11.4. The lowest BCUT2D eigenvalue weighted by Crippen LogP contribution is -2.20. The molecule has 1 aromatic rings. The van der Waals surface area contributed by atoms with E-state index in [1.54, 1.807) is 12.2 Å². The van der Waals surface area contributed by atoms with E-state index < -0.39 is 0 Å². The van der Waals surface area contributed by atoms with Crippen LogP contribution in [-0.4, -0.2) is 25.7 Å². The van der Waals surface area contributed by atoms with Gasteiger partial charge in [0.1, 0.15) is 0 Å². The zero-order chi connectivity index (χ0) is 13.5. The van der Waals surface area contributed by atoms with Gasteiger partial charge in [0.15, 0.2) is 11.5 Å². The van der Waals surface area contributed by atoms with Gasteiger partial charge in [-0.15, -0.1) is 6.58 Å². The summed E-state index contributed by atoms with van der Waals surface area (Å²) in [5.41, 5.74) is 0.901. The lowest BCUT2D eigenvalue weighted by atomic mass is 10.2. The summed E-state index contributed by atoms with van der Waals surface area (Å²) in [4.78, 5) is 11.4. The van der Waals surface area contributed by atoms with Gasteiger partial charge in [-0.1, -0.05) is 12.1 Å². The van der Waals surface area contributed by atoms with Gasteiger partial charge >= 0.3 is 0 Å². The number of benzene rings is 1. The number of amides is 1. The molecule has 0 aliphatic carbocycles. The van der Waals surface area contributed by atoms with Crippen LogP contribution in [0.3, 0.4) is 0 Å². The van der Waals surface area contributed by atoms with Crippen molar-refractivity contribution in [3.05, 3.63) is 42.5 Å². The molecule has 19 heavy (non-hydrogen) atoms. The summed E-state index contributed by atoms with van der Waals surface area (Å²) in [5, 5.41) is 2.68. The third-order valence-electron chi connectivity index (χ3n) is 2.62. The van der Waals surface area contributed by atoms with Crippen LogP contribution in [0.5, 0.6) is 11.5 Å². The highest BCUT2D eigenvalue weighted by Crippen LogP contribution is 2.30. The van der Waals surface area contributed by atoms with Crippen molar-refractivity contribution in [1.29, 1.82) is 0 Å². The van der Waals surface area contributed by atoms with Gasteiger partial charge < -0.3 is 14.8 Å². The second kappa shape index (κ2) is 6.64. The molecule has 0 atom stereocenters. The van der Waals surface area contributed by atoms with Crippen molar-refractivity contribution >= 4 is 12.0 Å². The molecule has 100 valence electrons. The standard InChI is InChI=1S/C15H17NO3/c1-2-8-16-15(17)7-5-12-4-6-13-14(11-12)19-10-3-9-18-13/h2,4-7,11H,1,3,8-10H2,(H,16,17). The molecular formula is C15H17NO3. The van der Waals surface area contributed by atoms with Crippen LogP contribution >= 0.6 is 0 Å². The number of fused-ring (bicyclic) bond motifs is 1. The van der Waals surface area contributed by atoms with E-state index in [0.29, 0.717) is 19.8 Å². The van der Waals surface area contributed by atoms with E-state index in [0.717, 1.165) is 23.5 Å². The predicted octanol–water partition coefficient (Wildman–Crippen LogP) is 2.16. The summed E-state index contributed by atoms with van der Waals surface area (Å²) in [5.74, 6) is 1.34. The molecule has 2 rings (SSSR count). The maximum absolute atomic E-state index is 11.4. The van der Waals surface area contributed by atoms with E-state index >= 15 is 0 Å². The van der Waals surface area contributed by atoms with Crippen LogP contribution in [0.2, 0.25) is 0 Å². The van der Waals surface area contributed by atoms with E-state index in [1.807, 2.05) is 18.2 Å². The average Bonchev–Trinajstić information content (AvgIpc) is 2.67. The van der Waals surface area contributed by atoms with Crippen LogP contribution < -0.4 is 14.8 Å². The van der Waals surface area contributed by atoms with Gasteiger partial charge in [0, 0.05) is 19.0 Å². The highest BCUT2D eigenvalue weighted by molar-refractivity contribution is 5.91. The molecule has 0 saturated heterocycles. The van der Waals surface area contributed by atoms with Crippen LogP contribution in [0.25, 0.3) is 6.08 Å². The van der Waals surface area contributed by atoms with Gasteiger partial charge in [0.05, 0.1) is 13.2 Å². The molecule has 0 aromatic heterocycles. The van der Waals surface area contributed by atoms with E-state index in [2.05, 4.69) is 11.9 Å². The van der Waals surface area contributed by atoms with E-state index in [4.69, 9.17) is 9.47 Å². The molecule has 1 aliphatic rings. The first-order valence-corrected chi connectivity index (χ1v) is 6.26. The van der Waals surface area contributed by atoms with Crippen molar-refractivity contribution in [1.82, 2.24) is 5.32 Å². The highest BCUT2D eigenvalue weighted by atomic mass is 16.5. The number of ether oxygens (including phenoxy) is 2.